The number of nitrogens with zero attached hydrogens (tertiary/aromatic N) is 2. The van der Waals surface area contributed by atoms with Gasteiger partial charge in [-0.3, -0.25) is 9.29 Å². The Balaban J connectivity index is 1.53. The molecule has 1 fully saturated rings. The van der Waals surface area contributed by atoms with E-state index in [9.17, 15) is 8.78 Å². The number of hydrogen-bond acceptors (Lipinski definition) is 3. The summed E-state index contributed by atoms with van der Waals surface area (Å²) >= 11 is 0. The number of aryl methyl sites for hydroxylation is 2. The van der Waals surface area contributed by atoms with E-state index < -0.39 is 5.95 Å². The molecule has 1 aromatic heterocycles. The van der Waals surface area contributed by atoms with Crippen LogP contribution in [-0.2, 0) is 11.8 Å². The number of benzene rings is 2. The van der Waals surface area contributed by atoms with Crippen LogP contribution in [0.3, 0.4) is 0 Å². The van der Waals surface area contributed by atoms with Crippen LogP contribution in [0.4, 0.5) is 8.78 Å². The highest BCUT2D eigenvalue weighted by Crippen LogP contribution is 2.41. The summed E-state index contributed by atoms with van der Waals surface area (Å²) in [6.07, 6.45) is 4.53. The van der Waals surface area contributed by atoms with Gasteiger partial charge in [-0.15, -0.1) is 0 Å². The van der Waals surface area contributed by atoms with E-state index in [1.54, 1.807) is 6.07 Å². The summed E-state index contributed by atoms with van der Waals surface area (Å²) in [5.74, 6) is 0.416. The predicted molar refractivity (Wildman–Crippen MR) is 155 cm³/mol. The molecule has 2 heterocycles. The van der Waals surface area contributed by atoms with Crippen LogP contribution >= 0.6 is 0 Å². The van der Waals surface area contributed by atoms with Crippen LogP contribution in [-0.4, -0.2) is 42.3 Å². The minimum Gasteiger partial charge on any atom is -0.489 e. The molecule has 0 spiro atoms. The molecule has 0 N–H and O–H groups in total. The molecule has 2 aromatic carbocycles. The van der Waals surface area contributed by atoms with E-state index in [-0.39, 0.29) is 18.2 Å². The summed E-state index contributed by atoms with van der Waals surface area (Å²) in [6.45, 7) is 10.7. The molecule has 1 atom stereocenters. The topological polar surface area (TPSA) is 25.4 Å². The first-order valence-electron chi connectivity index (χ1n) is 14.3. The van der Waals surface area contributed by atoms with Gasteiger partial charge >= 0.3 is 0 Å². The number of hydrogen-bond donors (Lipinski definition) is 0. The number of fused-ring (bicyclic) bond motifs is 1. The van der Waals surface area contributed by atoms with Gasteiger partial charge in [0.05, 0.1) is 6.67 Å². The highest BCUT2D eigenvalue weighted by atomic mass is 19.1. The van der Waals surface area contributed by atoms with Crippen LogP contribution < -0.4 is 4.74 Å². The molecule has 206 valence electrons. The van der Waals surface area contributed by atoms with Gasteiger partial charge in [-0.1, -0.05) is 56.7 Å². The van der Waals surface area contributed by atoms with E-state index in [4.69, 9.17) is 4.74 Å². The first-order valence-corrected chi connectivity index (χ1v) is 14.3. The third-order valence-corrected chi connectivity index (χ3v) is 7.90. The molecular formula is C34H40F2N2O. The Morgan fingerprint density at radius 2 is 1.79 bits per heavy atom. The molecule has 1 aliphatic heterocycles. The number of ether oxygens (including phenoxy) is 1. The molecule has 1 aliphatic carbocycles. The molecule has 5 heteroatoms. The molecule has 0 radical (unpaired) electrons. The van der Waals surface area contributed by atoms with Crippen molar-refractivity contribution in [1.29, 1.82) is 0 Å². The third-order valence-electron chi connectivity index (χ3n) is 7.90. The molecule has 0 saturated carbocycles. The van der Waals surface area contributed by atoms with E-state index in [1.165, 1.54) is 16.7 Å². The average Bonchev–Trinajstić information content (AvgIpc) is 3.25. The van der Waals surface area contributed by atoms with Gasteiger partial charge in [0, 0.05) is 36.8 Å². The fourth-order valence-electron chi connectivity index (χ4n) is 5.86. The van der Waals surface area contributed by atoms with Crippen LogP contribution in [0.15, 0.2) is 54.6 Å². The molecule has 1 saturated heterocycles. The van der Waals surface area contributed by atoms with Crippen molar-refractivity contribution in [3.8, 4) is 5.75 Å². The van der Waals surface area contributed by atoms with E-state index >= 15 is 0 Å². The summed E-state index contributed by atoms with van der Waals surface area (Å²) in [5.41, 5.74) is 8.67. The molecule has 2 aliphatic rings. The summed E-state index contributed by atoms with van der Waals surface area (Å²) < 4.78 is 33.7. The van der Waals surface area contributed by atoms with Crippen LogP contribution in [0.25, 0.3) is 11.1 Å². The van der Waals surface area contributed by atoms with Crippen LogP contribution in [0.2, 0.25) is 0 Å². The maximum Gasteiger partial charge on any atom is 0.213 e. The lowest BCUT2D eigenvalue weighted by atomic mass is 9.85. The Labute approximate surface area is 231 Å². The van der Waals surface area contributed by atoms with Crippen molar-refractivity contribution in [3.63, 3.8) is 0 Å². The maximum absolute atomic E-state index is 14.9. The number of alkyl halides is 1. The average molecular weight is 531 g/mol. The second-order valence-corrected chi connectivity index (χ2v) is 12.1. The number of allylic oxidation sites excluding steroid dienone is 1. The Morgan fingerprint density at radius 1 is 1.00 bits per heavy atom. The van der Waals surface area contributed by atoms with E-state index in [1.807, 2.05) is 0 Å². The Bertz CT molecular complexity index is 1340. The van der Waals surface area contributed by atoms with Gasteiger partial charge in [-0.2, -0.15) is 4.39 Å². The lowest BCUT2D eigenvalue weighted by Crippen LogP contribution is -2.26. The molecule has 0 amide bonds. The molecule has 0 unspecified atom stereocenters. The van der Waals surface area contributed by atoms with Crippen LogP contribution in [0, 0.1) is 12.9 Å². The Kier molecular flexibility index (Phi) is 8.18. The zero-order chi connectivity index (χ0) is 27.6. The second-order valence-electron chi connectivity index (χ2n) is 12.1. The van der Waals surface area contributed by atoms with E-state index in [0.717, 1.165) is 79.0 Å². The number of likely N-dealkylation sites (tertiary alicyclic amines) is 1. The fraction of sp³-hybridized carbons (Fsp3) is 0.441. The largest absolute Gasteiger partial charge is 0.489 e. The minimum atomic E-state index is -0.432. The van der Waals surface area contributed by atoms with Crippen molar-refractivity contribution in [2.45, 2.75) is 71.3 Å². The van der Waals surface area contributed by atoms with Gasteiger partial charge in [0.2, 0.25) is 5.95 Å². The smallest absolute Gasteiger partial charge is 0.213 e. The quantitative estimate of drug-likeness (QED) is 0.290. The number of rotatable bonds is 7. The molecule has 39 heavy (non-hydrogen) atoms. The second kappa shape index (κ2) is 11.6. The normalized spacial score (nSPS) is 18.3. The standard InChI is InChI=1S/C34H40F2N2O/c1-23-9-14-30-25(19-23)7-5-8-29(26-20-31(34(2,3)4)37-32(36)21-26)33(30)24-10-12-27(13-11-24)39-28-15-18-38(22-28)17-6-16-35/h9-14,19-21,28H,5-8,15-18,22H2,1-4H3/t28-/m0/s1. The van der Waals surface area contributed by atoms with E-state index in [2.05, 4.69) is 86.1 Å². The lowest BCUT2D eigenvalue weighted by molar-refractivity contribution is 0.198. The first-order chi connectivity index (χ1) is 18.7. The van der Waals surface area contributed by atoms with Crippen LogP contribution in [0.1, 0.15) is 80.0 Å². The minimum absolute atomic E-state index is 0.127. The molecule has 3 aromatic rings. The monoisotopic (exact) mass is 530 g/mol. The summed E-state index contributed by atoms with van der Waals surface area (Å²) in [6, 6.07) is 18.7. The van der Waals surface area contributed by atoms with Gasteiger partial charge < -0.3 is 4.74 Å². The Morgan fingerprint density at radius 3 is 2.54 bits per heavy atom. The van der Waals surface area contributed by atoms with Crippen molar-refractivity contribution in [2.24, 2.45) is 0 Å². The first kappa shape index (κ1) is 27.5. The molecule has 0 bridgehead atoms. The van der Waals surface area contributed by atoms with Crippen molar-refractivity contribution in [3.05, 3.63) is 94.1 Å². The number of aromatic nitrogens is 1. The van der Waals surface area contributed by atoms with Gasteiger partial charge in [0.15, 0.2) is 0 Å². The molecular weight excluding hydrogens is 490 g/mol. The van der Waals surface area contributed by atoms with Gasteiger partial charge in [0.1, 0.15) is 11.9 Å². The van der Waals surface area contributed by atoms with Gasteiger partial charge in [-0.05, 0) is 90.6 Å². The summed E-state index contributed by atoms with van der Waals surface area (Å²) in [4.78, 5) is 6.51. The highest BCUT2D eigenvalue weighted by Gasteiger charge is 2.25. The zero-order valence-electron chi connectivity index (χ0n) is 23.7. The van der Waals surface area contributed by atoms with Crippen molar-refractivity contribution < 1.29 is 13.5 Å². The summed E-state index contributed by atoms with van der Waals surface area (Å²) in [7, 11) is 0. The van der Waals surface area contributed by atoms with Crippen LogP contribution in [0.5, 0.6) is 5.75 Å². The SMILES string of the molecule is Cc1ccc2c(c1)CCCC(c1cc(F)nc(C(C)(C)C)c1)=C2c1ccc(O[C@H]2CCN(CCCF)C2)cc1. The van der Waals surface area contributed by atoms with Crippen molar-refractivity contribution in [1.82, 2.24) is 9.88 Å². The zero-order valence-corrected chi connectivity index (χ0v) is 23.7. The molecule has 5 rings (SSSR count). The fourth-order valence-corrected chi connectivity index (χ4v) is 5.86. The third kappa shape index (κ3) is 6.41. The van der Waals surface area contributed by atoms with E-state index in [0.29, 0.717) is 6.42 Å². The molecule has 3 nitrogen and oxygen atoms in total. The lowest BCUT2D eigenvalue weighted by Gasteiger charge is -2.21. The highest BCUT2D eigenvalue weighted by molar-refractivity contribution is 6.00. The Hall–Kier alpha value is -3.05. The van der Waals surface area contributed by atoms with Gasteiger partial charge in [-0.25, -0.2) is 4.98 Å². The number of pyridine rings is 1. The summed E-state index contributed by atoms with van der Waals surface area (Å²) in [5, 5.41) is 0. The van der Waals surface area contributed by atoms with Crippen molar-refractivity contribution >= 4 is 11.1 Å². The number of halogens is 2. The van der Waals surface area contributed by atoms with Crippen molar-refractivity contribution in [2.75, 3.05) is 26.3 Å². The van der Waals surface area contributed by atoms with Gasteiger partial charge in [0.25, 0.3) is 0 Å². The predicted octanol–water partition coefficient (Wildman–Crippen LogP) is 7.93. The maximum atomic E-state index is 14.9.